The number of benzene rings is 1. The molecule has 5 nitrogen and oxygen atoms in total. The molecule has 0 saturated heterocycles. The van der Waals surface area contributed by atoms with Crippen molar-refractivity contribution >= 4 is 18.3 Å². The van der Waals surface area contributed by atoms with Crippen LogP contribution in [0, 0.1) is 0 Å². The zero-order chi connectivity index (χ0) is 15.5. The number of hydrogen-bond donors (Lipinski definition) is 2. The Balaban J connectivity index is 0.00000242. The van der Waals surface area contributed by atoms with Crippen LogP contribution in [0.1, 0.15) is 18.4 Å². The van der Waals surface area contributed by atoms with Crippen LogP contribution in [0.25, 0.3) is 0 Å². The Morgan fingerprint density at radius 3 is 2.64 bits per heavy atom. The maximum Gasteiger partial charge on any atom is 0.387 e. The molecule has 124 valence electrons. The van der Waals surface area contributed by atoms with E-state index in [1.54, 1.807) is 12.1 Å². The van der Waals surface area contributed by atoms with E-state index in [4.69, 9.17) is 10.5 Å². The number of nitrogens with one attached hydrogen (secondary N) is 1. The van der Waals surface area contributed by atoms with Gasteiger partial charge in [0.05, 0.1) is 12.6 Å². The lowest BCUT2D eigenvalue weighted by molar-refractivity contribution is -0.123. The Labute approximate surface area is 133 Å². The molecule has 0 atom stereocenters. The van der Waals surface area contributed by atoms with Crippen molar-refractivity contribution in [3.8, 4) is 11.5 Å². The maximum absolute atomic E-state index is 12.3. The van der Waals surface area contributed by atoms with Gasteiger partial charge in [0.25, 0.3) is 0 Å². The third-order valence-electron chi connectivity index (χ3n) is 3.38. The van der Waals surface area contributed by atoms with E-state index in [2.05, 4.69) is 10.1 Å². The average Bonchev–Trinajstić information content (AvgIpc) is 3.18. The van der Waals surface area contributed by atoms with E-state index in [0.29, 0.717) is 25.8 Å². The minimum Gasteiger partial charge on any atom is -0.493 e. The Kier molecular flexibility index (Phi) is 6.37. The summed E-state index contributed by atoms with van der Waals surface area (Å²) in [5.41, 5.74) is 5.81. The van der Waals surface area contributed by atoms with E-state index in [9.17, 15) is 13.6 Å². The van der Waals surface area contributed by atoms with Crippen molar-refractivity contribution in [2.45, 2.75) is 31.4 Å². The van der Waals surface area contributed by atoms with E-state index in [0.717, 1.165) is 5.56 Å². The first-order valence-electron chi connectivity index (χ1n) is 6.63. The molecule has 1 aliphatic rings. The molecule has 1 aliphatic carbocycles. The number of hydrogen-bond acceptors (Lipinski definition) is 4. The summed E-state index contributed by atoms with van der Waals surface area (Å²) in [6.45, 7) is -2.53. The maximum atomic E-state index is 12.3. The molecule has 0 spiro atoms. The van der Waals surface area contributed by atoms with E-state index < -0.39 is 12.2 Å². The first-order chi connectivity index (χ1) is 9.94. The number of amides is 1. The minimum absolute atomic E-state index is 0. The van der Waals surface area contributed by atoms with Crippen LogP contribution < -0.4 is 20.5 Å². The molecule has 0 heterocycles. The summed E-state index contributed by atoms with van der Waals surface area (Å²) in [6.07, 6.45) is 1.90. The lowest BCUT2D eigenvalue weighted by Gasteiger charge is -2.13. The Bertz CT molecular complexity index is 525. The molecule has 0 unspecified atom stereocenters. The van der Waals surface area contributed by atoms with Gasteiger partial charge >= 0.3 is 6.61 Å². The van der Waals surface area contributed by atoms with Gasteiger partial charge in [-0.2, -0.15) is 8.78 Å². The fraction of sp³-hybridized carbons (Fsp3) is 0.500. The highest BCUT2D eigenvalue weighted by atomic mass is 35.5. The Hall–Kier alpha value is -1.60. The number of alkyl halides is 2. The molecule has 1 aromatic rings. The van der Waals surface area contributed by atoms with Crippen LogP contribution in [0.5, 0.6) is 11.5 Å². The lowest BCUT2D eigenvalue weighted by atomic mass is 10.1. The van der Waals surface area contributed by atoms with Crippen LogP contribution >= 0.6 is 12.4 Å². The molecule has 0 radical (unpaired) electrons. The quantitative estimate of drug-likeness (QED) is 0.797. The number of rotatable bonds is 7. The number of methoxy groups -OCH3 is 1. The molecule has 8 heteroatoms. The average molecular weight is 337 g/mol. The number of halogens is 3. The van der Waals surface area contributed by atoms with Crippen LogP contribution in [0.3, 0.4) is 0 Å². The predicted molar refractivity (Wildman–Crippen MR) is 79.7 cm³/mol. The van der Waals surface area contributed by atoms with Crippen LogP contribution in [-0.2, 0) is 11.2 Å². The monoisotopic (exact) mass is 336 g/mol. The van der Waals surface area contributed by atoms with Crippen molar-refractivity contribution in [2.24, 2.45) is 5.73 Å². The first kappa shape index (κ1) is 18.4. The highest BCUT2D eigenvalue weighted by Crippen LogP contribution is 2.32. The molecule has 1 fully saturated rings. The van der Waals surface area contributed by atoms with Crippen LogP contribution in [0.2, 0.25) is 0 Å². The molecule has 2 rings (SSSR count). The second-order valence-electron chi connectivity index (χ2n) is 5.03. The predicted octanol–water partition coefficient (Wildman–Crippen LogP) is 1.87. The summed E-state index contributed by atoms with van der Waals surface area (Å²) in [6, 6.07) is 4.77. The molecular formula is C14H19ClF2N2O3. The molecule has 22 heavy (non-hydrogen) atoms. The summed E-state index contributed by atoms with van der Waals surface area (Å²) in [5, 5.41) is 2.74. The second-order valence-corrected chi connectivity index (χ2v) is 5.03. The van der Waals surface area contributed by atoms with E-state index in [-0.39, 0.29) is 29.8 Å². The van der Waals surface area contributed by atoms with Gasteiger partial charge in [0.2, 0.25) is 5.91 Å². The summed E-state index contributed by atoms with van der Waals surface area (Å²) in [5.74, 6) is 0.0517. The normalized spacial score (nSPS) is 15.0. The highest BCUT2D eigenvalue weighted by Gasteiger charge is 2.45. The molecule has 3 N–H and O–H groups in total. The standard InChI is InChI=1S/C14H18F2N2O3.ClH/c1-20-10-3-2-9(8-11(10)21-13(15)16)4-7-18-12(19)14(17)5-6-14;/h2-3,8,13H,4-7,17H2,1H3,(H,18,19);1H. The molecule has 1 saturated carbocycles. The van der Waals surface area contributed by atoms with Gasteiger partial charge in [0.1, 0.15) is 0 Å². The zero-order valence-electron chi connectivity index (χ0n) is 12.1. The SMILES string of the molecule is COc1ccc(CCNC(=O)C2(N)CC2)cc1OC(F)F.Cl. The molecule has 1 amide bonds. The second kappa shape index (κ2) is 7.60. The van der Waals surface area contributed by atoms with Crippen molar-refractivity contribution in [3.63, 3.8) is 0 Å². The lowest BCUT2D eigenvalue weighted by Crippen LogP contribution is -2.43. The fourth-order valence-electron chi connectivity index (χ4n) is 1.92. The van der Waals surface area contributed by atoms with Crippen molar-refractivity contribution in [2.75, 3.05) is 13.7 Å². The smallest absolute Gasteiger partial charge is 0.387 e. The number of ether oxygens (including phenoxy) is 2. The number of carbonyl (C=O) groups is 1. The van der Waals surface area contributed by atoms with Gasteiger partial charge in [-0.3, -0.25) is 4.79 Å². The van der Waals surface area contributed by atoms with Crippen molar-refractivity contribution in [3.05, 3.63) is 23.8 Å². The number of carbonyl (C=O) groups excluding carboxylic acids is 1. The highest BCUT2D eigenvalue weighted by molar-refractivity contribution is 5.88. The summed E-state index contributed by atoms with van der Waals surface area (Å²) in [7, 11) is 1.38. The third kappa shape index (κ3) is 4.71. The minimum atomic E-state index is -2.92. The molecule has 1 aromatic carbocycles. The van der Waals surface area contributed by atoms with Gasteiger partial charge in [-0.25, -0.2) is 0 Å². The van der Waals surface area contributed by atoms with Gasteiger partial charge < -0.3 is 20.5 Å². The third-order valence-corrected chi connectivity index (χ3v) is 3.38. The summed E-state index contributed by atoms with van der Waals surface area (Å²) < 4.78 is 34.0. The van der Waals surface area contributed by atoms with Crippen molar-refractivity contribution < 1.29 is 23.0 Å². The largest absolute Gasteiger partial charge is 0.493 e. The summed E-state index contributed by atoms with van der Waals surface area (Å²) >= 11 is 0. The Morgan fingerprint density at radius 1 is 1.41 bits per heavy atom. The molecular weight excluding hydrogens is 318 g/mol. The van der Waals surface area contributed by atoms with E-state index >= 15 is 0 Å². The fourth-order valence-corrected chi connectivity index (χ4v) is 1.92. The van der Waals surface area contributed by atoms with Gasteiger partial charge in [-0.05, 0) is 37.0 Å². The van der Waals surface area contributed by atoms with E-state index in [1.807, 2.05) is 0 Å². The van der Waals surface area contributed by atoms with Crippen molar-refractivity contribution in [1.82, 2.24) is 5.32 Å². The van der Waals surface area contributed by atoms with Gasteiger partial charge in [-0.15, -0.1) is 12.4 Å². The zero-order valence-corrected chi connectivity index (χ0v) is 12.9. The topological polar surface area (TPSA) is 73.6 Å². The summed E-state index contributed by atoms with van der Waals surface area (Å²) in [4.78, 5) is 11.7. The van der Waals surface area contributed by atoms with Gasteiger partial charge in [0.15, 0.2) is 11.5 Å². The van der Waals surface area contributed by atoms with Gasteiger partial charge in [-0.1, -0.05) is 6.07 Å². The van der Waals surface area contributed by atoms with Crippen molar-refractivity contribution in [1.29, 1.82) is 0 Å². The Morgan fingerprint density at radius 2 is 2.09 bits per heavy atom. The molecule has 0 aromatic heterocycles. The van der Waals surface area contributed by atoms with Crippen LogP contribution in [-0.4, -0.2) is 31.7 Å². The van der Waals surface area contributed by atoms with Crippen LogP contribution in [0.15, 0.2) is 18.2 Å². The van der Waals surface area contributed by atoms with Gasteiger partial charge in [0, 0.05) is 6.54 Å². The van der Waals surface area contributed by atoms with E-state index in [1.165, 1.54) is 13.2 Å². The first-order valence-corrected chi connectivity index (χ1v) is 6.63. The number of nitrogens with two attached hydrogens (primary N) is 1. The molecule has 0 aliphatic heterocycles. The van der Waals surface area contributed by atoms with Crippen LogP contribution in [0.4, 0.5) is 8.78 Å². The molecule has 0 bridgehead atoms.